The van der Waals surface area contributed by atoms with Crippen LogP contribution in [0.2, 0.25) is 0 Å². The summed E-state index contributed by atoms with van der Waals surface area (Å²) < 4.78 is 17.1. The molecule has 3 aromatic carbocycles. The first-order valence-electron chi connectivity index (χ1n) is 11.7. The largest absolute Gasteiger partial charge is 0.493 e. The second-order valence-corrected chi connectivity index (χ2v) is 9.19. The highest BCUT2D eigenvalue weighted by molar-refractivity contribution is 8.17. The number of hydrogen-bond donors (Lipinski definition) is 1. The Morgan fingerprint density at radius 2 is 1.78 bits per heavy atom. The standard InChI is InChI=1S/C29H25N3O4S/c1-19-7-6-10-22(15-19)35-13-14-36-25-12-11-20(17-26(25)34-2)16-23-27(30)32-24(21-8-4-3-5-9-21)18-37-29(32)31-28(23)33/h3-12,15-18,30H,13-14H2,1-2H3. The molecule has 1 amide bonds. The lowest BCUT2D eigenvalue weighted by Crippen LogP contribution is -2.38. The van der Waals surface area contributed by atoms with Gasteiger partial charge in [-0.1, -0.05) is 60.3 Å². The van der Waals surface area contributed by atoms with Crippen LogP contribution in [0, 0.1) is 12.3 Å². The van der Waals surface area contributed by atoms with Crippen LogP contribution >= 0.6 is 11.8 Å². The maximum atomic E-state index is 12.8. The normalized spacial score (nSPS) is 15.8. The molecule has 0 spiro atoms. The summed E-state index contributed by atoms with van der Waals surface area (Å²) in [6.45, 7) is 2.74. The molecule has 7 nitrogen and oxygen atoms in total. The van der Waals surface area contributed by atoms with Crippen molar-refractivity contribution in [2.75, 3.05) is 20.3 Å². The van der Waals surface area contributed by atoms with E-state index in [1.165, 1.54) is 11.8 Å². The fourth-order valence-electron chi connectivity index (χ4n) is 3.99. The highest BCUT2D eigenvalue weighted by Crippen LogP contribution is 2.37. The van der Waals surface area contributed by atoms with Crippen molar-refractivity contribution in [1.82, 2.24) is 4.90 Å². The van der Waals surface area contributed by atoms with Crippen LogP contribution in [0.1, 0.15) is 16.7 Å². The molecule has 37 heavy (non-hydrogen) atoms. The number of nitrogens with zero attached hydrogens (tertiary/aromatic N) is 2. The van der Waals surface area contributed by atoms with Crippen LogP contribution in [0.25, 0.3) is 11.8 Å². The van der Waals surface area contributed by atoms with Gasteiger partial charge in [-0.05, 0) is 54.0 Å². The Labute approximate surface area is 219 Å². The van der Waals surface area contributed by atoms with Gasteiger partial charge in [-0.3, -0.25) is 15.1 Å². The first-order valence-corrected chi connectivity index (χ1v) is 12.6. The number of fused-ring (bicyclic) bond motifs is 1. The van der Waals surface area contributed by atoms with Crippen molar-refractivity contribution in [3.8, 4) is 17.2 Å². The maximum Gasteiger partial charge on any atom is 0.283 e. The Bertz CT molecular complexity index is 1450. The number of rotatable bonds is 8. The third-order valence-corrected chi connectivity index (χ3v) is 6.61. The zero-order valence-corrected chi connectivity index (χ0v) is 21.2. The number of amides is 1. The number of hydrogen-bond acceptors (Lipinski definition) is 6. The summed E-state index contributed by atoms with van der Waals surface area (Å²) in [5, 5.41) is 11.2. The first-order chi connectivity index (χ1) is 18.0. The number of carbonyl (C=O) groups excluding carboxylic acids is 1. The van der Waals surface area contributed by atoms with Crippen LogP contribution < -0.4 is 14.2 Å². The molecule has 0 saturated carbocycles. The number of aryl methyl sites for hydroxylation is 1. The molecule has 0 atom stereocenters. The van der Waals surface area contributed by atoms with Gasteiger partial charge in [0.1, 0.15) is 24.8 Å². The summed E-state index contributed by atoms with van der Waals surface area (Å²) >= 11 is 1.34. The van der Waals surface area contributed by atoms with E-state index in [9.17, 15) is 4.79 Å². The Morgan fingerprint density at radius 1 is 0.973 bits per heavy atom. The van der Waals surface area contributed by atoms with E-state index in [0.717, 1.165) is 22.6 Å². The van der Waals surface area contributed by atoms with Crippen LogP contribution in [0.3, 0.4) is 0 Å². The first kappa shape index (κ1) is 24.4. The SMILES string of the molecule is COc1cc(C=C2C(=N)N3C(c4ccccc4)=CSC3=NC2=O)ccc1OCCOc1cccc(C)c1. The van der Waals surface area contributed by atoms with E-state index in [1.54, 1.807) is 30.2 Å². The fraction of sp³-hybridized carbons (Fsp3) is 0.138. The zero-order chi connectivity index (χ0) is 25.8. The number of methoxy groups -OCH3 is 1. The summed E-state index contributed by atoms with van der Waals surface area (Å²) in [6.07, 6.45) is 1.66. The Hall–Kier alpha value is -4.30. The van der Waals surface area contributed by atoms with E-state index in [0.29, 0.717) is 35.4 Å². The molecular formula is C29H25N3O4S. The predicted molar refractivity (Wildman–Crippen MR) is 147 cm³/mol. The molecule has 3 aromatic rings. The van der Waals surface area contributed by atoms with Crippen LogP contribution in [0.15, 0.2) is 88.8 Å². The zero-order valence-electron chi connectivity index (χ0n) is 20.4. The quantitative estimate of drug-likeness (QED) is 0.306. The highest BCUT2D eigenvalue weighted by Gasteiger charge is 2.36. The van der Waals surface area contributed by atoms with Gasteiger partial charge in [-0.25, -0.2) is 0 Å². The number of ether oxygens (including phenoxy) is 3. The number of thioether (sulfide) groups is 1. The monoisotopic (exact) mass is 511 g/mol. The van der Waals surface area contributed by atoms with Crippen LogP contribution in [0.4, 0.5) is 0 Å². The highest BCUT2D eigenvalue weighted by atomic mass is 32.2. The number of benzene rings is 3. The minimum atomic E-state index is -0.445. The number of amidine groups is 2. The van der Waals surface area contributed by atoms with E-state index in [2.05, 4.69) is 4.99 Å². The third kappa shape index (κ3) is 5.29. The molecule has 0 aromatic heterocycles. The van der Waals surface area contributed by atoms with Gasteiger partial charge in [0.2, 0.25) is 0 Å². The van der Waals surface area contributed by atoms with E-state index in [1.807, 2.05) is 73.0 Å². The molecule has 0 unspecified atom stereocenters. The van der Waals surface area contributed by atoms with Crippen molar-refractivity contribution in [1.29, 1.82) is 5.41 Å². The van der Waals surface area contributed by atoms with Crippen molar-refractivity contribution in [3.05, 3.63) is 100 Å². The summed E-state index contributed by atoms with van der Waals surface area (Å²) in [4.78, 5) is 18.7. The van der Waals surface area contributed by atoms with Gasteiger partial charge >= 0.3 is 0 Å². The van der Waals surface area contributed by atoms with E-state index in [4.69, 9.17) is 19.6 Å². The fourth-order valence-corrected chi connectivity index (χ4v) is 4.88. The molecule has 186 valence electrons. The van der Waals surface area contributed by atoms with Gasteiger partial charge in [0.15, 0.2) is 16.7 Å². The molecule has 0 saturated heterocycles. The number of carbonyl (C=O) groups is 1. The molecule has 0 fully saturated rings. The Balaban J connectivity index is 1.30. The van der Waals surface area contributed by atoms with E-state index >= 15 is 0 Å². The van der Waals surface area contributed by atoms with Gasteiger partial charge in [0.25, 0.3) is 5.91 Å². The average Bonchev–Trinajstić information content (AvgIpc) is 3.34. The van der Waals surface area contributed by atoms with Crippen molar-refractivity contribution in [3.63, 3.8) is 0 Å². The summed E-state index contributed by atoms with van der Waals surface area (Å²) in [5.74, 6) is 1.52. The second kappa shape index (κ2) is 10.8. The lowest BCUT2D eigenvalue weighted by atomic mass is 10.1. The van der Waals surface area contributed by atoms with Gasteiger partial charge in [0, 0.05) is 5.41 Å². The summed E-state index contributed by atoms with van der Waals surface area (Å²) in [7, 11) is 1.56. The molecule has 2 heterocycles. The van der Waals surface area contributed by atoms with Crippen molar-refractivity contribution < 1.29 is 19.0 Å². The van der Waals surface area contributed by atoms with Gasteiger partial charge in [0.05, 0.1) is 18.4 Å². The molecule has 0 bridgehead atoms. The van der Waals surface area contributed by atoms with E-state index in [-0.39, 0.29) is 11.4 Å². The molecule has 2 aliphatic rings. The summed E-state index contributed by atoms with van der Waals surface area (Å²) in [6, 6.07) is 23.0. The second-order valence-electron chi connectivity index (χ2n) is 8.35. The van der Waals surface area contributed by atoms with Gasteiger partial charge in [-0.2, -0.15) is 4.99 Å². The van der Waals surface area contributed by atoms with Crippen molar-refractivity contribution >= 4 is 40.4 Å². The molecule has 0 aliphatic carbocycles. The Kier molecular flexibility index (Phi) is 7.09. The smallest absolute Gasteiger partial charge is 0.283 e. The van der Waals surface area contributed by atoms with Crippen LogP contribution in [-0.4, -0.2) is 42.1 Å². The number of aliphatic imine (C=N–C) groups is 1. The minimum absolute atomic E-state index is 0.0858. The van der Waals surface area contributed by atoms with Crippen molar-refractivity contribution in [2.24, 2.45) is 4.99 Å². The molecule has 1 N–H and O–H groups in total. The molecule has 5 rings (SSSR count). The van der Waals surface area contributed by atoms with Crippen molar-refractivity contribution in [2.45, 2.75) is 6.92 Å². The lowest BCUT2D eigenvalue weighted by molar-refractivity contribution is -0.114. The molecule has 2 aliphatic heterocycles. The van der Waals surface area contributed by atoms with Gasteiger partial charge in [-0.15, -0.1) is 0 Å². The number of nitrogens with one attached hydrogen (secondary N) is 1. The predicted octanol–water partition coefficient (Wildman–Crippen LogP) is 5.77. The third-order valence-electron chi connectivity index (χ3n) is 5.78. The lowest BCUT2D eigenvalue weighted by Gasteiger charge is -2.27. The molecule has 0 radical (unpaired) electrons. The maximum absolute atomic E-state index is 12.8. The van der Waals surface area contributed by atoms with Gasteiger partial charge < -0.3 is 14.2 Å². The van der Waals surface area contributed by atoms with Crippen LogP contribution in [0.5, 0.6) is 17.2 Å². The summed E-state index contributed by atoms with van der Waals surface area (Å²) in [5.41, 5.74) is 3.81. The van der Waals surface area contributed by atoms with Crippen LogP contribution in [-0.2, 0) is 4.79 Å². The topological polar surface area (TPSA) is 84.2 Å². The molecule has 8 heteroatoms. The minimum Gasteiger partial charge on any atom is -0.493 e. The van der Waals surface area contributed by atoms with E-state index < -0.39 is 5.91 Å². The average molecular weight is 512 g/mol. The molecular weight excluding hydrogens is 486 g/mol. The Morgan fingerprint density at radius 3 is 2.57 bits per heavy atom.